The molecule has 2 heteroatoms. The van der Waals surface area contributed by atoms with Crippen molar-refractivity contribution in [3.8, 4) is 0 Å². The maximum absolute atomic E-state index is 8.93. The Hall–Kier alpha value is -0.760. The fourth-order valence-corrected chi connectivity index (χ4v) is 1.97. The Balaban J connectivity index is 1.98. The van der Waals surface area contributed by atoms with E-state index in [1.165, 1.54) is 44.9 Å². The normalized spacial score (nSPS) is 10.9. The summed E-state index contributed by atoms with van der Waals surface area (Å²) < 4.78 is 2.18. The molecular formula is C14H25NO. The molecule has 92 valence electrons. The van der Waals surface area contributed by atoms with Gasteiger partial charge in [0.05, 0.1) is 6.61 Å². The van der Waals surface area contributed by atoms with Gasteiger partial charge in [-0.25, -0.2) is 0 Å². The molecule has 0 atom stereocenters. The second kappa shape index (κ2) is 8.40. The van der Waals surface area contributed by atoms with E-state index in [2.05, 4.69) is 17.7 Å². The van der Waals surface area contributed by atoms with Gasteiger partial charge in [0.15, 0.2) is 0 Å². The molecule has 1 aromatic rings. The summed E-state index contributed by atoms with van der Waals surface area (Å²) in [5.41, 5.74) is 1.02. The second-order valence-electron chi connectivity index (χ2n) is 4.54. The Bertz CT molecular complexity index is 267. The average Bonchev–Trinajstić information content (AvgIpc) is 2.76. The number of hydrogen-bond donors (Lipinski definition) is 1. The molecular weight excluding hydrogens is 198 g/mol. The summed E-state index contributed by atoms with van der Waals surface area (Å²) >= 11 is 0. The van der Waals surface area contributed by atoms with E-state index in [4.69, 9.17) is 5.11 Å². The molecule has 0 aromatic carbocycles. The van der Waals surface area contributed by atoms with Gasteiger partial charge in [0.1, 0.15) is 0 Å². The molecule has 0 amide bonds. The van der Waals surface area contributed by atoms with Crippen LogP contribution in [-0.4, -0.2) is 9.67 Å². The lowest BCUT2D eigenvalue weighted by Gasteiger charge is -2.03. The molecule has 0 aliphatic heterocycles. The van der Waals surface area contributed by atoms with Gasteiger partial charge in [-0.15, -0.1) is 0 Å². The number of nitrogens with zero attached hydrogens (tertiary/aromatic N) is 1. The van der Waals surface area contributed by atoms with Crippen molar-refractivity contribution in [3.05, 3.63) is 24.0 Å². The van der Waals surface area contributed by atoms with E-state index in [-0.39, 0.29) is 6.61 Å². The summed E-state index contributed by atoms with van der Waals surface area (Å²) in [6, 6.07) is 1.99. The van der Waals surface area contributed by atoms with Crippen LogP contribution >= 0.6 is 0 Å². The van der Waals surface area contributed by atoms with Crippen LogP contribution in [0.25, 0.3) is 0 Å². The molecule has 1 rings (SSSR count). The molecule has 0 bridgehead atoms. The zero-order chi connectivity index (χ0) is 11.6. The number of aromatic nitrogens is 1. The molecule has 0 saturated heterocycles. The van der Waals surface area contributed by atoms with Crippen LogP contribution in [0.2, 0.25) is 0 Å². The van der Waals surface area contributed by atoms with Crippen LogP contribution in [0.1, 0.15) is 57.4 Å². The van der Waals surface area contributed by atoms with Crippen molar-refractivity contribution >= 4 is 0 Å². The first-order valence-corrected chi connectivity index (χ1v) is 6.62. The van der Waals surface area contributed by atoms with Crippen molar-refractivity contribution in [2.24, 2.45) is 0 Å². The Kier molecular flexibility index (Phi) is 6.98. The molecule has 1 heterocycles. The lowest BCUT2D eigenvalue weighted by Crippen LogP contribution is -1.94. The van der Waals surface area contributed by atoms with Gasteiger partial charge < -0.3 is 9.67 Å². The van der Waals surface area contributed by atoms with Crippen LogP contribution in [0.4, 0.5) is 0 Å². The lowest BCUT2D eigenvalue weighted by molar-refractivity contribution is 0.281. The van der Waals surface area contributed by atoms with Gasteiger partial charge in [0, 0.05) is 18.9 Å². The van der Waals surface area contributed by atoms with Crippen LogP contribution in [0, 0.1) is 0 Å². The number of aliphatic hydroxyl groups excluding tert-OH is 1. The van der Waals surface area contributed by atoms with Crippen LogP contribution in [-0.2, 0) is 13.2 Å². The predicted octanol–water partition coefficient (Wildman–Crippen LogP) is 3.73. The molecule has 0 aliphatic carbocycles. The Labute approximate surface area is 99.3 Å². The molecule has 0 saturated carbocycles. The third kappa shape index (κ3) is 5.36. The second-order valence-corrected chi connectivity index (χ2v) is 4.54. The lowest BCUT2D eigenvalue weighted by atomic mass is 10.1. The van der Waals surface area contributed by atoms with Crippen molar-refractivity contribution in [1.82, 2.24) is 4.57 Å². The molecule has 16 heavy (non-hydrogen) atoms. The van der Waals surface area contributed by atoms with E-state index >= 15 is 0 Å². The summed E-state index contributed by atoms with van der Waals surface area (Å²) in [5, 5.41) is 8.93. The quantitative estimate of drug-likeness (QED) is 0.634. The minimum atomic E-state index is 0.157. The number of rotatable bonds is 9. The molecule has 2 nitrogen and oxygen atoms in total. The first kappa shape index (κ1) is 13.3. The van der Waals surface area contributed by atoms with Gasteiger partial charge >= 0.3 is 0 Å². The molecule has 1 N–H and O–H groups in total. The highest BCUT2D eigenvalue weighted by Crippen LogP contribution is 2.08. The Morgan fingerprint density at radius 1 is 1.06 bits per heavy atom. The third-order valence-corrected chi connectivity index (χ3v) is 3.01. The summed E-state index contributed by atoms with van der Waals surface area (Å²) in [7, 11) is 0. The van der Waals surface area contributed by atoms with Gasteiger partial charge in [0.25, 0.3) is 0 Å². The summed E-state index contributed by atoms with van der Waals surface area (Å²) in [6.45, 7) is 3.50. The van der Waals surface area contributed by atoms with E-state index in [9.17, 15) is 0 Å². The van der Waals surface area contributed by atoms with E-state index in [1.807, 2.05) is 12.3 Å². The Morgan fingerprint density at radius 3 is 2.38 bits per heavy atom. The topological polar surface area (TPSA) is 25.2 Å². The van der Waals surface area contributed by atoms with Crippen molar-refractivity contribution < 1.29 is 5.11 Å². The van der Waals surface area contributed by atoms with Crippen molar-refractivity contribution in [1.29, 1.82) is 0 Å². The molecule has 1 aromatic heterocycles. The monoisotopic (exact) mass is 223 g/mol. The summed E-state index contributed by atoms with van der Waals surface area (Å²) in [4.78, 5) is 0. The zero-order valence-corrected chi connectivity index (χ0v) is 10.5. The highest BCUT2D eigenvalue weighted by molar-refractivity contribution is 5.08. The Morgan fingerprint density at radius 2 is 1.75 bits per heavy atom. The molecule has 0 spiro atoms. The number of unbranched alkanes of at least 4 members (excludes halogenated alkanes) is 6. The first-order chi connectivity index (χ1) is 7.86. The van der Waals surface area contributed by atoms with Gasteiger partial charge in [-0.05, 0) is 18.1 Å². The minimum Gasteiger partial charge on any atom is -0.392 e. The van der Waals surface area contributed by atoms with Crippen LogP contribution in [0.15, 0.2) is 18.5 Å². The smallest absolute Gasteiger partial charge is 0.0696 e. The largest absolute Gasteiger partial charge is 0.392 e. The minimum absolute atomic E-state index is 0.157. The molecule has 0 fully saturated rings. The predicted molar refractivity (Wildman–Crippen MR) is 68.3 cm³/mol. The number of hydrogen-bond acceptors (Lipinski definition) is 1. The third-order valence-electron chi connectivity index (χ3n) is 3.01. The maximum atomic E-state index is 8.93. The van der Waals surface area contributed by atoms with Crippen LogP contribution in [0.3, 0.4) is 0 Å². The number of aliphatic hydroxyl groups is 1. The van der Waals surface area contributed by atoms with E-state index in [0.29, 0.717) is 0 Å². The standard InChI is InChI=1S/C14H25NO/c1-2-3-4-5-6-7-8-10-15-11-9-14(12-15)13-16/h9,11-12,16H,2-8,10,13H2,1H3. The van der Waals surface area contributed by atoms with Gasteiger partial charge in [-0.3, -0.25) is 0 Å². The van der Waals surface area contributed by atoms with E-state index in [0.717, 1.165) is 12.1 Å². The fourth-order valence-electron chi connectivity index (χ4n) is 1.97. The summed E-state index contributed by atoms with van der Waals surface area (Å²) in [5.74, 6) is 0. The van der Waals surface area contributed by atoms with Crippen molar-refractivity contribution in [3.63, 3.8) is 0 Å². The first-order valence-electron chi connectivity index (χ1n) is 6.62. The van der Waals surface area contributed by atoms with Gasteiger partial charge in [-0.2, -0.15) is 0 Å². The molecule has 0 radical (unpaired) electrons. The van der Waals surface area contributed by atoms with E-state index in [1.54, 1.807) is 0 Å². The van der Waals surface area contributed by atoms with Gasteiger partial charge in [-0.1, -0.05) is 45.4 Å². The fraction of sp³-hybridized carbons (Fsp3) is 0.714. The summed E-state index contributed by atoms with van der Waals surface area (Å²) in [6.07, 6.45) is 13.6. The number of aryl methyl sites for hydroxylation is 1. The van der Waals surface area contributed by atoms with Crippen molar-refractivity contribution in [2.45, 2.75) is 65.0 Å². The average molecular weight is 223 g/mol. The van der Waals surface area contributed by atoms with Crippen LogP contribution in [0.5, 0.6) is 0 Å². The van der Waals surface area contributed by atoms with Gasteiger partial charge in [0.2, 0.25) is 0 Å². The zero-order valence-electron chi connectivity index (χ0n) is 10.5. The molecule has 0 unspecified atom stereocenters. The SMILES string of the molecule is CCCCCCCCCn1ccc(CO)c1. The van der Waals surface area contributed by atoms with Crippen molar-refractivity contribution in [2.75, 3.05) is 0 Å². The maximum Gasteiger partial charge on any atom is 0.0696 e. The highest BCUT2D eigenvalue weighted by atomic mass is 16.3. The van der Waals surface area contributed by atoms with Crippen LogP contribution < -0.4 is 0 Å². The highest BCUT2D eigenvalue weighted by Gasteiger charge is 1.95. The molecule has 0 aliphatic rings. The van der Waals surface area contributed by atoms with E-state index < -0.39 is 0 Å².